The maximum atomic E-state index is 14.7. The molecule has 3 aromatic heterocycles. The lowest BCUT2D eigenvalue weighted by Gasteiger charge is -2.40. The molecule has 0 N–H and O–H groups in total. The number of aromatic nitrogens is 9. The first-order chi connectivity index (χ1) is 58.8. The molecule has 4 aromatic rings. The SMILES string of the molecule is FC(F)(F)C(F)(F)C(F)(F)C(F)(F)COc1nc(OCC(F)(F)C(F)(F)C(F)(F)C(F)(F)F)nc(N2CCN(c3cc(N4CCN(c5nc(OCC(F)(F)C(F)(F)C(F)(F)C(F)(F)F)nc(OCC(F)(F)C(F)(F)C(F)(F)C(F)(F)F)n5)CC4)cc(N4CCN(c5nc(OCC(F)(F)C(F)(F)C(F)(F)C(F)(F)F)nc(OCC(F)(F)C(F)(F)C(F)(F)C(F)(F)F)n5)CC4)c3)CC2)n1. The minimum atomic E-state index is -7.73. The summed E-state index contributed by atoms with van der Waals surface area (Å²) in [6.07, 6.45) is -45.4. The van der Waals surface area contributed by atoms with E-state index in [0.29, 0.717) is 14.7 Å². The number of hydrogen-bond acceptors (Lipinski definition) is 21. The molecular weight excluding hydrogens is 2020 g/mol. The molecular formula is C57H39F54N15O6. The molecule has 3 fully saturated rings. The van der Waals surface area contributed by atoms with Crippen LogP contribution in [0.25, 0.3) is 0 Å². The molecule has 0 spiro atoms. The topological polar surface area (TPSA) is 191 Å². The third kappa shape index (κ3) is 20.2. The van der Waals surface area contributed by atoms with Crippen LogP contribution in [-0.2, 0) is 0 Å². The van der Waals surface area contributed by atoms with Crippen molar-refractivity contribution in [2.45, 2.75) is 144 Å². The lowest BCUT2D eigenvalue weighted by atomic mass is 10.0. The molecule has 75 heteroatoms. The zero-order valence-corrected chi connectivity index (χ0v) is 62.0. The number of hydrogen-bond donors (Lipinski definition) is 0. The first-order valence-corrected chi connectivity index (χ1v) is 33.7. The maximum Gasteiger partial charge on any atom is 0.460 e. The first kappa shape index (κ1) is 109. The molecule has 3 aliphatic rings. The highest BCUT2D eigenvalue weighted by atomic mass is 19.5. The van der Waals surface area contributed by atoms with Crippen LogP contribution in [0.1, 0.15) is 0 Å². The van der Waals surface area contributed by atoms with Crippen LogP contribution >= 0.6 is 0 Å². The molecule has 3 saturated heterocycles. The van der Waals surface area contributed by atoms with Gasteiger partial charge in [0, 0.05) is 95.6 Å². The van der Waals surface area contributed by atoms with E-state index >= 15 is 0 Å². The highest BCUT2D eigenvalue weighted by molar-refractivity contribution is 5.71. The standard InChI is InChI=1S/C57H39F54N15O6/c58-34(59,40(70,71)46(82,83)52(94,95)96)16-127-28-112-25(113-29(118-28)128-17-35(60,61)41(72,73)47(84,85)53(97,98)99)124-7-1-121(2-8-124)22-13-23(122-3-9-125(10-4-122)26-114-30(129-18-36(62,63)42(74,75)48(86,87)54(100,101)102)119-31(115-26)130-19-37(64,65)43(76,77)49(88,89)55(103,104)105)15-24(14-22)123-5-11-126(12-6-123)27-116-32(131-20-38(66,67)44(78,79)50(90,91)56(106,107)108)120-33(117-27)132-21-39(68,69)45(80,81)51(92,93)57(109,110)111/h13-15H,1-12,16-21H2. The number of benzene rings is 1. The summed E-state index contributed by atoms with van der Waals surface area (Å²) in [5.41, 5.74) is -1.02. The van der Waals surface area contributed by atoms with Crippen molar-refractivity contribution >= 4 is 34.9 Å². The predicted molar refractivity (Wildman–Crippen MR) is 318 cm³/mol. The number of anilines is 6. The molecule has 0 bridgehead atoms. The molecule has 0 unspecified atom stereocenters. The van der Waals surface area contributed by atoms with E-state index in [0.717, 1.165) is 32.9 Å². The van der Waals surface area contributed by atoms with Crippen LogP contribution in [0.15, 0.2) is 18.2 Å². The Bertz CT molecular complexity index is 3960. The smallest absolute Gasteiger partial charge is 0.457 e. The van der Waals surface area contributed by atoms with E-state index < -0.39 is 316 Å². The highest BCUT2D eigenvalue weighted by Gasteiger charge is 2.88. The van der Waals surface area contributed by atoms with Crippen LogP contribution in [-0.4, -0.2) is 307 Å². The lowest BCUT2D eigenvalue weighted by Crippen LogP contribution is -2.62. The van der Waals surface area contributed by atoms with Crippen molar-refractivity contribution in [3.05, 3.63) is 18.2 Å². The van der Waals surface area contributed by atoms with Gasteiger partial charge < -0.3 is 57.8 Å². The number of rotatable bonds is 36. The minimum absolute atomic E-state index is 0.341. The van der Waals surface area contributed by atoms with E-state index in [9.17, 15) is 237 Å². The van der Waals surface area contributed by atoms with Gasteiger partial charge in [0.15, 0.2) is 39.6 Å². The third-order valence-electron chi connectivity index (χ3n) is 18.0. The first-order valence-electron chi connectivity index (χ1n) is 33.7. The van der Waals surface area contributed by atoms with E-state index in [-0.39, 0.29) is 17.1 Å². The Morgan fingerprint density at radius 1 is 0.167 bits per heavy atom. The summed E-state index contributed by atoms with van der Waals surface area (Å²) in [5, 5.41) is 0. The van der Waals surface area contributed by atoms with Gasteiger partial charge >= 0.3 is 180 Å². The quantitative estimate of drug-likeness (QED) is 0.0390. The summed E-state index contributed by atoms with van der Waals surface area (Å²) in [6, 6.07) is -10.6. The second kappa shape index (κ2) is 34.8. The Balaban J connectivity index is 1.31. The van der Waals surface area contributed by atoms with E-state index in [1.165, 1.54) is 0 Å². The van der Waals surface area contributed by atoms with Gasteiger partial charge in [-0.15, -0.1) is 15.0 Å². The van der Waals surface area contributed by atoms with E-state index in [2.05, 4.69) is 73.3 Å². The number of alkyl halides is 54. The molecule has 21 nitrogen and oxygen atoms in total. The number of nitrogens with zero attached hydrogens (tertiary/aromatic N) is 15. The van der Waals surface area contributed by atoms with Gasteiger partial charge in [-0.2, -0.15) is 267 Å². The van der Waals surface area contributed by atoms with Crippen LogP contribution in [0.2, 0.25) is 0 Å². The summed E-state index contributed by atoms with van der Waals surface area (Å²) in [5.74, 6) is -137. The maximum absolute atomic E-state index is 14.7. The molecule has 7 rings (SSSR count). The molecule has 0 radical (unpaired) electrons. The fraction of sp³-hybridized carbons (Fsp3) is 0.737. The Hall–Kier alpha value is -9.93. The van der Waals surface area contributed by atoms with Crippen molar-refractivity contribution in [1.29, 1.82) is 0 Å². The van der Waals surface area contributed by atoms with E-state index in [1.807, 2.05) is 0 Å². The summed E-state index contributed by atoms with van der Waals surface area (Å²) in [4.78, 5) is 31.7. The van der Waals surface area contributed by atoms with E-state index in [4.69, 9.17) is 0 Å². The van der Waals surface area contributed by atoms with Gasteiger partial charge in [-0.3, -0.25) is 0 Å². The van der Waals surface area contributed by atoms with Crippen LogP contribution in [0.4, 0.5) is 272 Å². The zero-order chi connectivity index (χ0) is 102. The molecule has 132 heavy (non-hydrogen) atoms. The molecule has 0 aliphatic carbocycles. The van der Waals surface area contributed by atoms with Crippen molar-refractivity contribution in [2.24, 2.45) is 0 Å². The fourth-order valence-corrected chi connectivity index (χ4v) is 10.3. The summed E-state index contributed by atoms with van der Waals surface area (Å²) in [7, 11) is 0. The summed E-state index contributed by atoms with van der Waals surface area (Å²) in [6.45, 7) is -31.8. The predicted octanol–water partition coefficient (Wildman–Crippen LogP) is 17.3. The molecule has 756 valence electrons. The van der Waals surface area contributed by atoms with Crippen LogP contribution < -0.4 is 57.8 Å². The largest absolute Gasteiger partial charge is 0.460 e. The molecule has 3 aliphatic heterocycles. The van der Waals surface area contributed by atoms with Crippen LogP contribution in [0.5, 0.6) is 36.1 Å². The number of piperazine rings is 3. The minimum Gasteiger partial charge on any atom is -0.457 e. The van der Waals surface area contributed by atoms with Gasteiger partial charge in [-0.25, -0.2) is 0 Å². The molecule has 0 saturated carbocycles. The Kier molecular flexibility index (Phi) is 28.7. The Morgan fingerprint density at radius 2 is 0.280 bits per heavy atom. The monoisotopic (exact) mass is 2060 g/mol. The van der Waals surface area contributed by atoms with Gasteiger partial charge in [0.2, 0.25) is 17.8 Å². The highest BCUT2D eigenvalue weighted by Crippen LogP contribution is 2.60. The van der Waals surface area contributed by atoms with Crippen molar-refractivity contribution in [3.8, 4) is 36.1 Å². The molecule has 1 aromatic carbocycles. The van der Waals surface area contributed by atoms with Crippen molar-refractivity contribution in [3.63, 3.8) is 0 Å². The zero-order valence-electron chi connectivity index (χ0n) is 62.0. The van der Waals surface area contributed by atoms with Gasteiger partial charge in [-0.05, 0) is 18.2 Å². The van der Waals surface area contributed by atoms with Crippen molar-refractivity contribution in [1.82, 2.24) is 44.9 Å². The third-order valence-corrected chi connectivity index (χ3v) is 18.0. The Morgan fingerprint density at radius 3 is 0.394 bits per heavy atom. The van der Waals surface area contributed by atoms with Crippen molar-refractivity contribution < 1.29 is 266 Å². The van der Waals surface area contributed by atoms with Gasteiger partial charge in [-0.1, -0.05) is 0 Å². The van der Waals surface area contributed by atoms with Crippen LogP contribution in [0, 0.1) is 0 Å². The Labute approximate surface area is 690 Å². The lowest BCUT2D eigenvalue weighted by molar-refractivity contribution is -0.398. The van der Waals surface area contributed by atoms with E-state index in [1.54, 1.807) is 0 Å². The molecule has 0 atom stereocenters. The normalized spacial score (nSPS) is 17.0. The number of halogens is 54. The average molecular weight is 2060 g/mol. The summed E-state index contributed by atoms with van der Waals surface area (Å²) < 4.78 is 769. The fourth-order valence-electron chi connectivity index (χ4n) is 10.3. The van der Waals surface area contributed by atoms with Gasteiger partial charge in [0.1, 0.15) is 0 Å². The second-order valence-electron chi connectivity index (χ2n) is 27.1. The van der Waals surface area contributed by atoms with Crippen molar-refractivity contribution in [2.75, 3.05) is 148 Å². The summed E-state index contributed by atoms with van der Waals surface area (Å²) >= 11 is 0. The molecule has 6 heterocycles. The van der Waals surface area contributed by atoms with Gasteiger partial charge in [0.25, 0.3) is 0 Å². The second-order valence-corrected chi connectivity index (χ2v) is 27.1. The average Bonchev–Trinajstić information content (AvgIpc) is 0.756. The number of ether oxygens (including phenoxy) is 6. The van der Waals surface area contributed by atoms with Gasteiger partial charge in [0.05, 0.1) is 0 Å². The molecule has 0 amide bonds. The van der Waals surface area contributed by atoms with Crippen LogP contribution in [0.3, 0.4) is 0 Å².